The van der Waals surface area contributed by atoms with Gasteiger partial charge in [0.1, 0.15) is 5.75 Å². The second-order valence-corrected chi connectivity index (χ2v) is 7.66. The number of carbonyl (C=O) groups excluding carboxylic acids is 1. The monoisotopic (exact) mass is 377 g/mol. The van der Waals surface area contributed by atoms with Crippen molar-refractivity contribution in [2.24, 2.45) is 0 Å². The van der Waals surface area contributed by atoms with E-state index in [1.165, 1.54) is 22.4 Å². The number of hydrogen-bond acceptors (Lipinski definition) is 4. The Morgan fingerprint density at radius 2 is 1.93 bits per heavy atom. The predicted molar refractivity (Wildman–Crippen MR) is 109 cm³/mol. The summed E-state index contributed by atoms with van der Waals surface area (Å²) in [6.45, 7) is 8.47. The molecule has 0 saturated carbocycles. The molecule has 1 saturated heterocycles. The quantitative estimate of drug-likeness (QED) is 0.816. The summed E-state index contributed by atoms with van der Waals surface area (Å²) in [4.78, 5) is 21.5. The van der Waals surface area contributed by atoms with Gasteiger partial charge in [0.2, 0.25) is 0 Å². The molecule has 0 aliphatic carbocycles. The van der Waals surface area contributed by atoms with Gasteiger partial charge < -0.3 is 14.5 Å². The second kappa shape index (κ2) is 7.30. The van der Waals surface area contributed by atoms with E-state index in [1.807, 2.05) is 24.0 Å². The Hall–Kier alpha value is -2.82. The Bertz CT molecular complexity index is 934. The Balaban J connectivity index is 1.50. The fourth-order valence-corrected chi connectivity index (χ4v) is 4.29. The van der Waals surface area contributed by atoms with Crippen molar-refractivity contribution in [1.82, 2.24) is 14.8 Å². The van der Waals surface area contributed by atoms with Crippen molar-refractivity contribution in [2.45, 2.75) is 33.2 Å². The molecule has 0 N–H and O–H groups in total. The first-order valence-corrected chi connectivity index (χ1v) is 9.81. The number of rotatable bonds is 3. The third kappa shape index (κ3) is 3.15. The first-order valence-electron chi connectivity index (χ1n) is 9.81. The molecule has 1 atom stereocenters. The summed E-state index contributed by atoms with van der Waals surface area (Å²) in [5.41, 5.74) is 6.69. The number of piperazine rings is 1. The summed E-state index contributed by atoms with van der Waals surface area (Å²) in [5, 5.41) is 0. The molecule has 5 nitrogen and oxygen atoms in total. The maximum Gasteiger partial charge on any atom is 0.255 e. The molecule has 0 bridgehead atoms. The number of fused-ring (bicyclic) bond motifs is 1. The van der Waals surface area contributed by atoms with E-state index in [9.17, 15) is 4.79 Å². The Labute approximate surface area is 166 Å². The summed E-state index contributed by atoms with van der Waals surface area (Å²) in [7, 11) is 1.72. The fraction of sp³-hybridized carbons (Fsp3) is 0.391. The van der Waals surface area contributed by atoms with Gasteiger partial charge in [-0.1, -0.05) is 12.1 Å². The van der Waals surface area contributed by atoms with Gasteiger partial charge in [-0.25, -0.2) is 0 Å². The number of benzene rings is 1. The maximum atomic E-state index is 12.8. The van der Waals surface area contributed by atoms with Crippen LogP contribution < -0.4 is 4.74 Å². The van der Waals surface area contributed by atoms with Crippen molar-refractivity contribution < 1.29 is 9.53 Å². The molecule has 1 fully saturated rings. The fourth-order valence-electron chi connectivity index (χ4n) is 4.29. The lowest BCUT2D eigenvalue weighted by Gasteiger charge is -2.39. The number of hydrogen-bond donors (Lipinski definition) is 0. The number of aromatic nitrogens is 1. The minimum atomic E-state index is 0.0629. The molecule has 1 aromatic carbocycles. The van der Waals surface area contributed by atoms with Gasteiger partial charge in [-0.3, -0.25) is 9.78 Å². The van der Waals surface area contributed by atoms with Crippen LogP contribution in [0.2, 0.25) is 0 Å². The van der Waals surface area contributed by atoms with E-state index in [0.29, 0.717) is 18.2 Å². The zero-order valence-electron chi connectivity index (χ0n) is 17.0. The summed E-state index contributed by atoms with van der Waals surface area (Å²) in [6.07, 6.45) is 4.95. The molecule has 2 aliphatic rings. The molecule has 3 heterocycles. The topological polar surface area (TPSA) is 45.7 Å². The van der Waals surface area contributed by atoms with E-state index >= 15 is 0 Å². The van der Waals surface area contributed by atoms with Gasteiger partial charge >= 0.3 is 0 Å². The average Bonchev–Trinajstić information content (AvgIpc) is 3.13. The molecule has 0 radical (unpaired) electrons. The lowest BCUT2D eigenvalue weighted by molar-refractivity contribution is 0.0683. The van der Waals surface area contributed by atoms with Gasteiger partial charge in [0, 0.05) is 30.7 Å². The van der Waals surface area contributed by atoms with E-state index in [2.05, 4.69) is 41.9 Å². The van der Waals surface area contributed by atoms with Gasteiger partial charge in [-0.2, -0.15) is 0 Å². The molecule has 1 amide bonds. The third-order valence-electron chi connectivity index (χ3n) is 6.09. The van der Waals surface area contributed by atoms with Crippen molar-refractivity contribution in [3.8, 4) is 5.75 Å². The van der Waals surface area contributed by atoms with Crippen LogP contribution in [0.5, 0.6) is 5.75 Å². The van der Waals surface area contributed by atoms with Crippen LogP contribution in [0.25, 0.3) is 0 Å². The number of pyridine rings is 1. The van der Waals surface area contributed by atoms with E-state index in [-0.39, 0.29) is 5.91 Å². The van der Waals surface area contributed by atoms with Crippen LogP contribution in [-0.4, -0.2) is 47.4 Å². The molecule has 0 spiro atoms. The van der Waals surface area contributed by atoms with Gasteiger partial charge in [0.05, 0.1) is 25.3 Å². The average molecular weight is 377 g/mol. The minimum Gasteiger partial charge on any atom is -0.496 e. The summed E-state index contributed by atoms with van der Waals surface area (Å²) in [6, 6.07) is 8.37. The van der Waals surface area contributed by atoms with Crippen LogP contribution in [0.4, 0.5) is 0 Å². The summed E-state index contributed by atoms with van der Waals surface area (Å²) >= 11 is 0. The highest BCUT2D eigenvalue weighted by molar-refractivity contribution is 5.94. The number of aryl methyl sites for hydroxylation is 1. The van der Waals surface area contributed by atoms with Crippen LogP contribution in [0.3, 0.4) is 0 Å². The van der Waals surface area contributed by atoms with Crippen LogP contribution >= 0.6 is 0 Å². The van der Waals surface area contributed by atoms with E-state index < -0.39 is 0 Å². The maximum absolute atomic E-state index is 12.8. The third-order valence-corrected chi connectivity index (χ3v) is 6.09. The molecular weight excluding hydrogens is 350 g/mol. The van der Waals surface area contributed by atoms with Crippen molar-refractivity contribution in [3.63, 3.8) is 0 Å². The molecule has 1 unspecified atom stereocenters. The molecule has 5 heteroatoms. The standard InChI is InChI=1S/C23H27N3O2/c1-15-5-6-18(13-24-15)23(27)25-11-12-26-19(14-25)7-9-21(26)20-8-10-22(28-4)17(3)16(20)2/h5-8,10,13,21H,9,11-12,14H2,1-4H3. The Morgan fingerprint density at radius 3 is 2.64 bits per heavy atom. The molecule has 28 heavy (non-hydrogen) atoms. The van der Waals surface area contributed by atoms with Crippen molar-refractivity contribution in [3.05, 3.63) is 70.2 Å². The van der Waals surface area contributed by atoms with Gasteiger partial charge in [-0.15, -0.1) is 0 Å². The van der Waals surface area contributed by atoms with Crippen LogP contribution in [0, 0.1) is 20.8 Å². The first kappa shape index (κ1) is 18.5. The van der Waals surface area contributed by atoms with Crippen LogP contribution in [0.15, 0.2) is 42.2 Å². The number of ether oxygens (including phenoxy) is 1. The molecule has 1 aromatic heterocycles. The molecule has 2 aromatic rings. The molecular formula is C23H27N3O2. The van der Waals surface area contributed by atoms with Crippen molar-refractivity contribution in [2.75, 3.05) is 26.7 Å². The molecule has 4 rings (SSSR count). The lowest BCUT2D eigenvalue weighted by atomic mass is 9.95. The Kier molecular flexibility index (Phi) is 4.84. The zero-order chi connectivity index (χ0) is 19.8. The normalized spacial score (nSPS) is 18.7. The van der Waals surface area contributed by atoms with E-state index in [0.717, 1.165) is 31.0 Å². The number of amides is 1. The number of nitrogens with zero attached hydrogens (tertiary/aromatic N) is 3. The van der Waals surface area contributed by atoms with Crippen molar-refractivity contribution >= 4 is 5.91 Å². The SMILES string of the molecule is COc1ccc(C2CC=C3CN(C(=O)c4ccc(C)nc4)CCN32)c(C)c1C. The summed E-state index contributed by atoms with van der Waals surface area (Å²) in [5.74, 6) is 1.00. The van der Waals surface area contributed by atoms with Gasteiger partial charge in [-0.05, 0) is 62.1 Å². The molecule has 146 valence electrons. The van der Waals surface area contributed by atoms with E-state index in [1.54, 1.807) is 13.3 Å². The van der Waals surface area contributed by atoms with Crippen LogP contribution in [-0.2, 0) is 0 Å². The second-order valence-electron chi connectivity index (χ2n) is 7.66. The highest BCUT2D eigenvalue weighted by Crippen LogP contribution is 2.39. The highest BCUT2D eigenvalue weighted by Gasteiger charge is 2.34. The van der Waals surface area contributed by atoms with Crippen molar-refractivity contribution in [1.29, 1.82) is 0 Å². The van der Waals surface area contributed by atoms with Gasteiger partial charge in [0.15, 0.2) is 0 Å². The van der Waals surface area contributed by atoms with Gasteiger partial charge in [0.25, 0.3) is 5.91 Å². The van der Waals surface area contributed by atoms with E-state index in [4.69, 9.17) is 4.74 Å². The largest absolute Gasteiger partial charge is 0.496 e. The highest BCUT2D eigenvalue weighted by atomic mass is 16.5. The van der Waals surface area contributed by atoms with Crippen LogP contribution in [0.1, 0.15) is 45.2 Å². The Morgan fingerprint density at radius 1 is 1.11 bits per heavy atom. The zero-order valence-corrected chi connectivity index (χ0v) is 17.0. The molecule has 2 aliphatic heterocycles. The number of methoxy groups -OCH3 is 1. The predicted octanol–water partition coefficient (Wildman–Crippen LogP) is 3.80. The minimum absolute atomic E-state index is 0.0629. The smallest absolute Gasteiger partial charge is 0.255 e. The lowest BCUT2D eigenvalue weighted by Crippen LogP contribution is -2.46. The summed E-state index contributed by atoms with van der Waals surface area (Å²) < 4.78 is 5.46. The first-order chi connectivity index (χ1) is 13.5. The number of carbonyl (C=O) groups is 1.